The number of nitrogens with zero attached hydrogens (tertiary/aromatic N) is 4. The van der Waals surface area contributed by atoms with Crippen molar-refractivity contribution in [1.29, 1.82) is 0 Å². The maximum absolute atomic E-state index is 6.02. The highest BCUT2D eigenvalue weighted by atomic mass is 15.3. The molecule has 0 bridgehead atoms. The molecule has 0 atom stereocenters. The Bertz CT molecular complexity index is 705. The van der Waals surface area contributed by atoms with Crippen LogP contribution in [0.15, 0.2) is 18.5 Å². The Balaban J connectivity index is 1.80. The van der Waals surface area contributed by atoms with E-state index in [-0.39, 0.29) is 5.41 Å². The van der Waals surface area contributed by atoms with Crippen molar-refractivity contribution in [3.8, 4) is 11.3 Å². The second kappa shape index (κ2) is 7.24. The van der Waals surface area contributed by atoms with E-state index in [0.29, 0.717) is 12.0 Å². The second-order valence-electron chi connectivity index (χ2n) is 8.71. The van der Waals surface area contributed by atoms with Crippen LogP contribution in [0.3, 0.4) is 0 Å². The van der Waals surface area contributed by atoms with Gasteiger partial charge in [0.05, 0.1) is 11.9 Å². The number of hydrogen-bond acceptors (Lipinski definition) is 4. The predicted molar refractivity (Wildman–Crippen MR) is 101 cm³/mol. The van der Waals surface area contributed by atoms with Crippen molar-refractivity contribution < 1.29 is 0 Å². The summed E-state index contributed by atoms with van der Waals surface area (Å²) < 4.78 is 1.98. The Hall–Kier alpha value is -1.75. The van der Waals surface area contributed by atoms with Crippen molar-refractivity contribution in [2.75, 3.05) is 0 Å². The highest BCUT2D eigenvalue weighted by Gasteiger charge is 2.22. The average Bonchev–Trinajstić information content (AvgIpc) is 2.89. The second-order valence-corrected chi connectivity index (χ2v) is 8.71. The van der Waals surface area contributed by atoms with E-state index in [9.17, 15) is 0 Å². The minimum atomic E-state index is 0.208. The fourth-order valence-electron chi connectivity index (χ4n) is 3.69. The van der Waals surface area contributed by atoms with Crippen LogP contribution in [0.1, 0.15) is 58.0 Å². The molecule has 5 nitrogen and oxygen atoms in total. The topological polar surface area (TPSA) is 69.6 Å². The largest absolute Gasteiger partial charge is 0.328 e. The van der Waals surface area contributed by atoms with Crippen molar-refractivity contribution in [2.45, 2.75) is 65.3 Å². The zero-order valence-corrected chi connectivity index (χ0v) is 16.0. The lowest BCUT2D eigenvalue weighted by atomic mass is 9.84. The number of hydrogen-bond donors (Lipinski definition) is 1. The summed E-state index contributed by atoms with van der Waals surface area (Å²) in [7, 11) is 2.01. The summed E-state index contributed by atoms with van der Waals surface area (Å²) in [6.45, 7) is 6.76. The Morgan fingerprint density at radius 3 is 2.60 bits per heavy atom. The van der Waals surface area contributed by atoms with Crippen molar-refractivity contribution >= 4 is 0 Å². The van der Waals surface area contributed by atoms with Crippen LogP contribution in [0, 0.1) is 11.3 Å². The van der Waals surface area contributed by atoms with E-state index in [0.717, 1.165) is 42.8 Å². The Kier molecular flexibility index (Phi) is 5.23. The molecule has 0 spiro atoms. The standard InChI is InChI=1S/C20H31N5/c1-20(2,3)12-18-16(13-23-25(18)4)17-9-10-22-19(24-17)11-14-5-7-15(21)8-6-14/h9-10,13-15H,5-8,11-12,21H2,1-4H3. The van der Waals surface area contributed by atoms with E-state index >= 15 is 0 Å². The Labute approximate surface area is 151 Å². The molecule has 2 aromatic rings. The van der Waals surface area contributed by atoms with Crippen LogP contribution < -0.4 is 5.73 Å². The highest BCUT2D eigenvalue weighted by molar-refractivity contribution is 5.61. The van der Waals surface area contributed by atoms with Crippen LogP contribution in [0.5, 0.6) is 0 Å². The van der Waals surface area contributed by atoms with Crippen LogP contribution >= 0.6 is 0 Å². The van der Waals surface area contributed by atoms with Gasteiger partial charge in [-0.1, -0.05) is 20.8 Å². The Morgan fingerprint density at radius 1 is 1.20 bits per heavy atom. The normalized spacial score (nSPS) is 21.5. The first-order chi connectivity index (χ1) is 11.8. The molecule has 25 heavy (non-hydrogen) atoms. The van der Waals surface area contributed by atoms with E-state index in [1.54, 1.807) is 0 Å². The number of nitrogens with two attached hydrogens (primary N) is 1. The number of aryl methyl sites for hydroxylation is 1. The third kappa shape index (κ3) is 4.66. The summed E-state index contributed by atoms with van der Waals surface area (Å²) >= 11 is 0. The fraction of sp³-hybridized carbons (Fsp3) is 0.650. The molecule has 1 aliphatic carbocycles. The molecule has 0 aromatic carbocycles. The SMILES string of the molecule is Cn1ncc(-c2ccnc(CC3CCC(N)CC3)n2)c1CC(C)(C)C. The van der Waals surface area contributed by atoms with Crippen molar-refractivity contribution in [2.24, 2.45) is 24.1 Å². The molecular formula is C20H31N5. The van der Waals surface area contributed by atoms with E-state index < -0.39 is 0 Å². The van der Waals surface area contributed by atoms with Gasteiger partial charge in [-0.25, -0.2) is 9.97 Å². The van der Waals surface area contributed by atoms with Crippen molar-refractivity contribution in [1.82, 2.24) is 19.7 Å². The number of rotatable bonds is 4. The minimum Gasteiger partial charge on any atom is -0.328 e. The van der Waals surface area contributed by atoms with Gasteiger partial charge in [-0.05, 0) is 49.5 Å². The molecule has 5 heteroatoms. The first-order valence-corrected chi connectivity index (χ1v) is 9.40. The smallest absolute Gasteiger partial charge is 0.129 e. The molecule has 2 heterocycles. The summed E-state index contributed by atoms with van der Waals surface area (Å²) in [5, 5.41) is 4.47. The summed E-state index contributed by atoms with van der Waals surface area (Å²) in [5.74, 6) is 1.61. The summed E-state index contributed by atoms with van der Waals surface area (Å²) in [4.78, 5) is 9.38. The van der Waals surface area contributed by atoms with Gasteiger partial charge < -0.3 is 5.73 Å². The monoisotopic (exact) mass is 341 g/mol. The van der Waals surface area contributed by atoms with Gasteiger partial charge in [0.25, 0.3) is 0 Å². The van der Waals surface area contributed by atoms with Gasteiger partial charge in [0, 0.05) is 37.0 Å². The molecular weight excluding hydrogens is 310 g/mol. The highest BCUT2D eigenvalue weighted by Crippen LogP contribution is 2.29. The molecule has 136 valence electrons. The molecule has 0 saturated heterocycles. The lowest BCUT2D eigenvalue weighted by Gasteiger charge is -2.25. The fourth-order valence-corrected chi connectivity index (χ4v) is 3.69. The third-order valence-electron chi connectivity index (χ3n) is 5.10. The van der Waals surface area contributed by atoms with Gasteiger partial charge >= 0.3 is 0 Å². The Morgan fingerprint density at radius 2 is 1.92 bits per heavy atom. The maximum atomic E-state index is 6.02. The van der Waals surface area contributed by atoms with Gasteiger partial charge in [-0.2, -0.15) is 5.10 Å². The molecule has 0 aliphatic heterocycles. The van der Waals surface area contributed by atoms with E-state index in [4.69, 9.17) is 10.7 Å². The molecule has 2 N–H and O–H groups in total. The molecule has 1 fully saturated rings. The summed E-state index contributed by atoms with van der Waals surface area (Å²) in [5.41, 5.74) is 9.59. The van der Waals surface area contributed by atoms with E-state index in [1.807, 2.05) is 30.2 Å². The van der Waals surface area contributed by atoms with Crippen molar-refractivity contribution in [3.63, 3.8) is 0 Å². The predicted octanol–water partition coefficient (Wildman–Crippen LogP) is 3.53. The molecule has 1 saturated carbocycles. The third-order valence-corrected chi connectivity index (χ3v) is 5.10. The quantitative estimate of drug-likeness (QED) is 0.923. The summed E-state index contributed by atoms with van der Waals surface area (Å²) in [6, 6.07) is 2.39. The minimum absolute atomic E-state index is 0.208. The number of aromatic nitrogens is 4. The lowest BCUT2D eigenvalue weighted by molar-refractivity contribution is 0.321. The van der Waals surface area contributed by atoms with Crippen LogP contribution in [0.4, 0.5) is 0 Å². The summed E-state index contributed by atoms with van der Waals surface area (Å²) in [6.07, 6.45) is 10.4. The van der Waals surface area contributed by atoms with Gasteiger partial charge in [0.1, 0.15) is 5.82 Å². The zero-order valence-electron chi connectivity index (χ0n) is 16.0. The molecule has 1 aliphatic rings. The molecule has 0 radical (unpaired) electrons. The first kappa shape index (κ1) is 18.1. The lowest BCUT2D eigenvalue weighted by Crippen LogP contribution is -2.27. The molecule has 0 amide bonds. The molecule has 0 unspecified atom stereocenters. The van der Waals surface area contributed by atoms with Gasteiger partial charge in [0.2, 0.25) is 0 Å². The van der Waals surface area contributed by atoms with Crippen LogP contribution in [0.2, 0.25) is 0 Å². The van der Waals surface area contributed by atoms with Crippen molar-refractivity contribution in [3.05, 3.63) is 30.0 Å². The van der Waals surface area contributed by atoms with Gasteiger partial charge in [0.15, 0.2) is 0 Å². The van der Waals surface area contributed by atoms with Gasteiger partial charge in [-0.15, -0.1) is 0 Å². The van der Waals surface area contributed by atoms with Gasteiger partial charge in [-0.3, -0.25) is 4.68 Å². The first-order valence-electron chi connectivity index (χ1n) is 9.40. The average molecular weight is 342 g/mol. The molecule has 2 aromatic heterocycles. The zero-order chi connectivity index (χ0) is 18.0. The maximum Gasteiger partial charge on any atom is 0.129 e. The van der Waals surface area contributed by atoms with Crippen LogP contribution in [-0.4, -0.2) is 25.8 Å². The molecule has 3 rings (SSSR count). The van der Waals surface area contributed by atoms with Crippen LogP contribution in [0.25, 0.3) is 11.3 Å². The van der Waals surface area contributed by atoms with E-state index in [1.165, 1.54) is 18.5 Å². The van der Waals surface area contributed by atoms with E-state index in [2.05, 4.69) is 30.9 Å². The van der Waals surface area contributed by atoms with Crippen LogP contribution in [-0.2, 0) is 19.9 Å².